The molecule has 0 amide bonds. The Hall–Kier alpha value is -1.68. The van der Waals surface area contributed by atoms with Crippen LogP contribution < -0.4 is 5.73 Å². The Morgan fingerprint density at radius 3 is 2.47 bits per heavy atom. The SMILES string of the molecule is Cc1nn(Cc2ccc(F)cc2)c(C)c1CC(C)N. The van der Waals surface area contributed by atoms with Crippen molar-refractivity contribution in [3.05, 3.63) is 52.6 Å². The van der Waals surface area contributed by atoms with E-state index in [0.717, 1.165) is 23.4 Å². The third-order valence-corrected chi connectivity index (χ3v) is 3.30. The monoisotopic (exact) mass is 261 g/mol. The van der Waals surface area contributed by atoms with Gasteiger partial charge in [0.2, 0.25) is 0 Å². The molecule has 1 atom stereocenters. The van der Waals surface area contributed by atoms with Crippen LogP contribution in [0.2, 0.25) is 0 Å². The van der Waals surface area contributed by atoms with E-state index in [1.807, 2.05) is 18.5 Å². The van der Waals surface area contributed by atoms with Crippen molar-refractivity contribution in [3.8, 4) is 0 Å². The number of rotatable bonds is 4. The molecular formula is C15H20FN3. The Kier molecular flexibility index (Phi) is 4.00. The van der Waals surface area contributed by atoms with Crippen LogP contribution in [0.3, 0.4) is 0 Å². The highest BCUT2D eigenvalue weighted by Crippen LogP contribution is 2.16. The zero-order chi connectivity index (χ0) is 14.0. The molecule has 0 saturated carbocycles. The van der Waals surface area contributed by atoms with Crippen LogP contribution in [-0.4, -0.2) is 15.8 Å². The van der Waals surface area contributed by atoms with Crippen LogP contribution in [-0.2, 0) is 13.0 Å². The van der Waals surface area contributed by atoms with Crippen molar-refractivity contribution in [3.63, 3.8) is 0 Å². The summed E-state index contributed by atoms with van der Waals surface area (Å²) >= 11 is 0. The normalized spacial score (nSPS) is 12.7. The van der Waals surface area contributed by atoms with Gasteiger partial charge in [-0.3, -0.25) is 4.68 Å². The fourth-order valence-corrected chi connectivity index (χ4v) is 2.27. The second-order valence-corrected chi connectivity index (χ2v) is 5.11. The smallest absolute Gasteiger partial charge is 0.123 e. The minimum atomic E-state index is -0.213. The molecule has 1 unspecified atom stereocenters. The third-order valence-electron chi connectivity index (χ3n) is 3.30. The highest BCUT2D eigenvalue weighted by molar-refractivity contribution is 5.27. The summed E-state index contributed by atoms with van der Waals surface area (Å²) in [6.07, 6.45) is 0.834. The molecule has 2 N–H and O–H groups in total. The lowest BCUT2D eigenvalue weighted by atomic mass is 10.1. The quantitative estimate of drug-likeness (QED) is 0.919. The molecule has 0 saturated heterocycles. The molecule has 102 valence electrons. The molecule has 1 aromatic carbocycles. The number of aromatic nitrogens is 2. The van der Waals surface area contributed by atoms with Crippen molar-refractivity contribution in [1.29, 1.82) is 0 Å². The first kappa shape index (κ1) is 13.7. The van der Waals surface area contributed by atoms with Crippen molar-refractivity contribution in [1.82, 2.24) is 9.78 Å². The van der Waals surface area contributed by atoms with E-state index < -0.39 is 0 Å². The summed E-state index contributed by atoms with van der Waals surface area (Å²) in [5, 5.41) is 4.55. The van der Waals surface area contributed by atoms with E-state index in [1.165, 1.54) is 17.7 Å². The summed E-state index contributed by atoms with van der Waals surface area (Å²) in [5.74, 6) is -0.213. The summed E-state index contributed by atoms with van der Waals surface area (Å²) < 4.78 is 14.8. The topological polar surface area (TPSA) is 43.8 Å². The third kappa shape index (κ3) is 3.20. The fourth-order valence-electron chi connectivity index (χ4n) is 2.27. The number of halogens is 1. The molecule has 3 nitrogen and oxygen atoms in total. The van der Waals surface area contributed by atoms with Gasteiger partial charge < -0.3 is 5.73 Å². The highest BCUT2D eigenvalue weighted by atomic mass is 19.1. The van der Waals surface area contributed by atoms with Crippen molar-refractivity contribution < 1.29 is 4.39 Å². The highest BCUT2D eigenvalue weighted by Gasteiger charge is 2.13. The summed E-state index contributed by atoms with van der Waals surface area (Å²) in [6.45, 7) is 6.72. The Labute approximate surface area is 113 Å². The summed E-state index contributed by atoms with van der Waals surface area (Å²) in [4.78, 5) is 0. The predicted molar refractivity (Wildman–Crippen MR) is 74.6 cm³/mol. The Morgan fingerprint density at radius 1 is 1.26 bits per heavy atom. The number of aryl methyl sites for hydroxylation is 1. The maximum atomic E-state index is 12.9. The molecule has 0 fully saturated rings. The molecule has 19 heavy (non-hydrogen) atoms. The van der Waals surface area contributed by atoms with Crippen LogP contribution in [0.5, 0.6) is 0 Å². The first-order valence-corrected chi connectivity index (χ1v) is 6.50. The second-order valence-electron chi connectivity index (χ2n) is 5.11. The van der Waals surface area contributed by atoms with Gasteiger partial charge in [0, 0.05) is 11.7 Å². The van der Waals surface area contributed by atoms with E-state index in [1.54, 1.807) is 12.1 Å². The molecule has 1 heterocycles. The second kappa shape index (κ2) is 5.53. The van der Waals surface area contributed by atoms with E-state index in [0.29, 0.717) is 6.54 Å². The Bertz CT molecular complexity index is 556. The van der Waals surface area contributed by atoms with Crippen molar-refractivity contribution in [2.45, 2.75) is 39.8 Å². The van der Waals surface area contributed by atoms with Crippen molar-refractivity contribution in [2.24, 2.45) is 5.73 Å². The molecule has 0 aliphatic rings. The molecule has 0 aliphatic carbocycles. The maximum absolute atomic E-state index is 12.9. The van der Waals surface area contributed by atoms with Crippen molar-refractivity contribution >= 4 is 0 Å². The van der Waals surface area contributed by atoms with Gasteiger partial charge in [0.05, 0.1) is 12.2 Å². The van der Waals surface area contributed by atoms with E-state index in [-0.39, 0.29) is 11.9 Å². The van der Waals surface area contributed by atoms with Gasteiger partial charge in [0.25, 0.3) is 0 Å². The lowest BCUT2D eigenvalue weighted by molar-refractivity contribution is 0.622. The van der Waals surface area contributed by atoms with Gasteiger partial charge in [0.15, 0.2) is 0 Å². The number of hydrogen-bond acceptors (Lipinski definition) is 2. The van der Waals surface area contributed by atoms with Gasteiger partial charge in [-0.05, 0) is 50.5 Å². The maximum Gasteiger partial charge on any atom is 0.123 e. The fraction of sp³-hybridized carbons (Fsp3) is 0.400. The zero-order valence-electron chi connectivity index (χ0n) is 11.7. The molecule has 0 spiro atoms. The lowest BCUT2D eigenvalue weighted by Gasteiger charge is -2.07. The molecule has 1 aromatic heterocycles. The summed E-state index contributed by atoms with van der Waals surface area (Å²) in [5.41, 5.74) is 10.3. The average molecular weight is 261 g/mol. The van der Waals surface area contributed by atoms with Gasteiger partial charge in [-0.1, -0.05) is 12.1 Å². The molecular weight excluding hydrogens is 241 g/mol. The van der Waals surface area contributed by atoms with Crippen LogP contribution in [0.25, 0.3) is 0 Å². The first-order chi connectivity index (χ1) is 8.97. The van der Waals surface area contributed by atoms with Gasteiger partial charge >= 0.3 is 0 Å². The Balaban J connectivity index is 2.23. The van der Waals surface area contributed by atoms with E-state index in [2.05, 4.69) is 12.0 Å². The molecule has 4 heteroatoms. The first-order valence-electron chi connectivity index (χ1n) is 6.50. The van der Waals surface area contributed by atoms with Crippen LogP contribution in [0.15, 0.2) is 24.3 Å². The molecule has 2 rings (SSSR count). The van der Waals surface area contributed by atoms with Crippen LogP contribution in [0.4, 0.5) is 4.39 Å². The summed E-state index contributed by atoms with van der Waals surface area (Å²) in [7, 11) is 0. The zero-order valence-corrected chi connectivity index (χ0v) is 11.7. The molecule has 0 aliphatic heterocycles. The standard InChI is InChI=1S/C15H20FN3/c1-10(17)8-15-11(2)18-19(12(15)3)9-13-4-6-14(16)7-5-13/h4-7,10H,8-9,17H2,1-3H3. The van der Waals surface area contributed by atoms with Crippen LogP contribution >= 0.6 is 0 Å². The van der Waals surface area contributed by atoms with E-state index in [4.69, 9.17) is 5.73 Å². The largest absolute Gasteiger partial charge is 0.328 e. The molecule has 0 radical (unpaired) electrons. The van der Waals surface area contributed by atoms with Crippen LogP contribution in [0.1, 0.15) is 29.4 Å². The van der Waals surface area contributed by atoms with E-state index in [9.17, 15) is 4.39 Å². The number of benzene rings is 1. The minimum Gasteiger partial charge on any atom is -0.328 e. The predicted octanol–water partition coefficient (Wildman–Crippen LogP) is 2.58. The number of nitrogens with two attached hydrogens (primary N) is 1. The van der Waals surface area contributed by atoms with Gasteiger partial charge in [-0.15, -0.1) is 0 Å². The van der Waals surface area contributed by atoms with Crippen molar-refractivity contribution in [2.75, 3.05) is 0 Å². The lowest BCUT2D eigenvalue weighted by Crippen LogP contribution is -2.18. The number of nitrogens with zero attached hydrogens (tertiary/aromatic N) is 2. The minimum absolute atomic E-state index is 0.126. The average Bonchev–Trinajstić information content (AvgIpc) is 2.60. The van der Waals surface area contributed by atoms with Gasteiger partial charge in [0.1, 0.15) is 5.82 Å². The van der Waals surface area contributed by atoms with Gasteiger partial charge in [-0.25, -0.2) is 4.39 Å². The number of hydrogen-bond donors (Lipinski definition) is 1. The van der Waals surface area contributed by atoms with E-state index >= 15 is 0 Å². The summed E-state index contributed by atoms with van der Waals surface area (Å²) in [6, 6.07) is 6.66. The van der Waals surface area contributed by atoms with Crippen LogP contribution in [0, 0.1) is 19.7 Å². The molecule has 2 aromatic rings. The molecule has 0 bridgehead atoms. The van der Waals surface area contributed by atoms with Gasteiger partial charge in [-0.2, -0.15) is 5.10 Å². The Morgan fingerprint density at radius 2 is 1.89 bits per heavy atom.